The largest absolute Gasteiger partial charge is 0.341 e. The molecule has 0 radical (unpaired) electrons. The Labute approximate surface area is 145 Å². The van der Waals surface area contributed by atoms with E-state index in [-0.39, 0.29) is 0 Å². The quantitative estimate of drug-likeness (QED) is 0.535. The van der Waals surface area contributed by atoms with Crippen molar-refractivity contribution in [2.75, 3.05) is 7.05 Å². The van der Waals surface area contributed by atoms with Gasteiger partial charge in [-0.2, -0.15) is 5.10 Å². The van der Waals surface area contributed by atoms with Gasteiger partial charge >= 0.3 is 0 Å². The fraction of sp³-hybridized carbons (Fsp3) is 0.211. The number of H-pyrrole nitrogens is 2. The van der Waals surface area contributed by atoms with E-state index in [9.17, 15) is 0 Å². The van der Waals surface area contributed by atoms with Crippen LogP contribution in [0.5, 0.6) is 0 Å². The lowest BCUT2D eigenvalue weighted by molar-refractivity contribution is 0.807. The highest BCUT2D eigenvalue weighted by atomic mass is 15.1. The zero-order valence-electron chi connectivity index (χ0n) is 14.5. The fourth-order valence-electron chi connectivity index (χ4n) is 3.12. The van der Waals surface area contributed by atoms with Gasteiger partial charge in [0.2, 0.25) is 0 Å². The number of pyridine rings is 1. The second-order valence-corrected chi connectivity index (χ2v) is 6.25. The van der Waals surface area contributed by atoms with Crippen LogP contribution >= 0.6 is 0 Å². The van der Waals surface area contributed by atoms with E-state index in [1.165, 1.54) is 11.1 Å². The molecule has 0 aliphatic heterocycles. The molecule has 0 spiro atoms. The van der Waals surface area contributed by atoms with Gasteiger partial charge in [-0.25, -0.2) is 4.98 Å². The molecule has 4 rings (SSSR count). The Morgan fingerprint density at radius 1 is 1.12 bits per heavy atom. The molecule has 6 nitrogen and oxygen atoms in total. The van der Waals surface area contributed by atoms with Crippen LogP contribution in [-0.4, -0.2) is 32.2 Å². The van der Waals surface area contributed by atoms with Gasteiger partial charge in [-0.15, -0.1) is 0 Å². The molecule has 25 heavy (non-hydrogen) atoms. The van der Waals surface area contributed by atoms with Crippen molar-refractivity contribution in [2.45, 2.75) is 20.4 Å². The van der Waals surface area contributed by atoms with Crippen LogP contribution < -0.4 is 5.32 Å². The Kier molecular flexibility index (Phi) is 3.82. The first-order valence-electron chi connectivity index (χ1n) is 8.26. The van der Waals surface area contributed by atoms with Crippen LogP contribution in [0.2, 0.25) is 0 Å². The number of hydrogen-bond acceptors (Lipinski definition) is 4. The van der Waals surface area contributed by atoms with Crippen molar-refractivity contribution in [1.82, 2.24) is 30.5 Å². The molecular weight excluding hydrogens is 312 g/mol. The number of benzene rings is 1. The third-order valence-electron chi connectivity index (χ3n) is 4.49. The zero-order chi connectivity index (χ0) is 17.4. The van der Waals surface area contributed by atoms with Gasteiger partial charge < -0.3 is 10.3 Å². The predicted molar refractivity (Wildman–Crippen MR) is 99.1 cm³/mol. The third kappa shape index (κ3) is 2.70. The summed E-state index contributed by atoms with van der Waals surface area (Å²) in [5.74, 6) is 0.777. The molecule has 1 aromatic carbocycles. The Hall–Kier alpha value is -2.99. The molecule has 0 aliphatic carbocycles. The molecule has 3 heterocycles. The summed E-state index contributed by atoms with van der Waals surface area (Å²) in [7, 11) is 1.95. The maximum Gasteiger partial charge on any atom is 0.158 e. The maximum absolute atomic E-state index is 4.44. The molecule has 3 N–H and O–H groups in total. The molecule has 0 aliphatic rings. The minimum atomic E-state index is 0.777. The molecule has 0 fully saturated rings. The molecule has 0 atom stereocenters. The van der Waals surface area contributed by atoms with Crippen molar-refractivity contribution in [3.8, 4) is 22.6 Å². The Bertz CT molecular complexity index is 1040. The first kappa shape index (κ1) is 15.5. The lowest BCUT2D eigenvalue weighted by Crippen LogP contribution is -2.07. The molecule has 0 unspecified atom stereocenters. The number of nitrogens with zero attached hydrogens (tertiary/aromatic N) is 3. The van der Waals surface area contributed by atoms with Gasteiger partial charge in [0.05, 0.1) is 5.52 Å². The molecule has 0 saturated heterocycles. The number of hydrogen-bond donors (Lipinski definition) is 3. The normalized spacial score (nSPS) is 11.3. The van der Waals surface area contributed by atoms with E-state index in [2.05, 4.69) is 55.6 Å². The van der Waals surface area contributed by atoms with Crippen LogP contribution in [0.25, 0.3) is 33.5 Å². The van der Waals surface area contributed by atoms with Crippen LogP contribution in [-0.2, 0) is 6.54 Å². The van der Waals surface area contributed by atoms with E-state index in [0.29, 0.717) is 0 Å². The number of imidazole rings is 1. The van der Waals surface area contributed by atoms with Gasteiger partial charge in [0.15, 0.2) is 5.82 Å². The minimum Gasteiger partial charge on any atom is -0.341 e. The van der Waals surface area contributed by atoms with Crippen LogP contribution in [0.3, 0.4) is 0 Å². The average molecular weight is 332 g/mol. The van der Waals surface area contributed by atoms with Crippen LogP contribution in [0.4, 0.5) is 0 Å². The highest BCUT2D eigenvalue weighted by Gasteiger charge is 2.13. The smallest absolute Gasteiger partial charge is 0.158 e. The highest BCUT2D eigenvalue weighted by molar-refractivity contribution is 5.94. The van der Waals surface area contributed by atoms with Gasteiger partial charge in [0.25, 0.3) is 0 Å². The number of fused-ring (bicyclic) bond motifs is 1. The van der Waals surface area contributed by atoms with Crippen molar-refractivity contribution >= 4 is 10.9 Å². The lowest BCUT2D eigenvalue weighted by Gasteiger charge is -2.11. The topological polar surface area (TPSA) is 82.3 Å². The summed E-state index contributed by atoms with van der Waals surface area (Å²) in [4.78, 5) is 12.1. The SMILES string of the molecule is CNCc1cncc(-c2ccc3[nH]nc(-c4ncc(C)[nH]4)c3c2)c1C. The van der Waals surface area contributed by atoms with E-state index < -0.39 is 0 Å². The van der Waals surface area contributed by atoms with E-state index >= 15 is 0 Å². The van der Waals surface area contributed by atoms with Crippen molar-refractivity contribution in [3.63, 3.8) is 0 Å². The van der Waals surface area contributed by atoms with Gasteiger partial charge in [0, 0.05) is 41.8 Å². The molecule has 126 valence electrons. The standard InChI is InChI=1S/C19H20N6/c1-11-7-22-19(23-11)18-15-6-13(4-5-17(15)24-25-18)16-10-21-9-14(8-20-3)12(16)2/h4-7,9-10,20H,8H2,1-3H3,(H,22,23)(H,24,25). The Morgan fingerprint density at radius 3 is 2.76 bits per heavy atom. The number of rotatable bonds is 4. The van der Waals surface area contributed by atoms with Crippen molar-refractivity contribution in [1.29, 1.82) is 0 Å². The van der Waals surface area contributed by atoms with E-state index in [1.54, 1.807) is 0 Å². The average Bonchev–Trinajstić information content (AvgIpc) is 3.22. The summed E-state index contributed by atoms with van der Waals surface area (Å²) in [5, 5.41) is 11.8. The Balaban J connectivity index is 1.86. The molecule has 4 aromatic rings. The molecule has 6 heteroatoms. The molecule has 3 aromatic heterocycles. The second kappa shape index (κ2) is 6.14. The number of nitrogens with one attached hydrogen (secondary N) is 3. The van der Waals surface area contributed by atoms with Gasteiger partial charge in [-0.1, -0.05) is 6.07 Å². The van der Waals surface area contributed by atoms with Crippen LogP contribution in [0, 0.1) is 13.8 Å². The Morgan fingerprint density at radius 2 is 2.00 bits per heavy atom. The van der Waals surface area contributed by atoms with Gasteiger partial charge in [-0.3, -0.25) is 10.1 Å². The fourth-order valence-corrected chi connectivity index (χ4v) is 3.12. The van der Waals surface area contributed by atoms with Gasteiger partial charge in [-0.05, 0) is 49.7 Å². The van der Waals surface area contributed by atoms with Crippen LogP contribution in [0.15, 0.2) is 36.8 Å². The lowest BCUT2D eigenvalue weighted by atomic mass is 9.98. The highest BCUT2D eigenvalue weighted by Crippen LogP contribution is 2.31. The molecule has 0 amide bonds. The van der Waals surface area contributed by atoms with Crippen molar-refractivity contribution < 1.29 is 0 Å². The number of aryl methyl sites for hydroxylation is 1. The first-order valence-corrected chi connectivity index (χ1v) is 8.26. The zero-order valence-corrected chi connectivity index (χ0v) is 14.5. The summed E-state index contributed by atoms with van der Waals surface area (Å²) >= 11 is 0. The molecular formula is C19H20N6. The molecule has 0 bridgehead atoms. The summed E-state index contributed by atoms with van der Waals surface area (Å²) in [6.45, 7) is 4.93. The molecule has 0 saturated carbocycles. The first-order chi connectivity index (χ1) is 12.2. The third-order valence-corrected chi connectivity index (χ3v) is 4.49. The minimum absolute atomic E-state index is 0.777. The maximum atomic E-state index is 4.44. The summed E-state index contributed by atoms with van der Waals surface area (Å²) < 4.78 is 0. The summed E-state index contributed by atoms with van der Waals surface area (Å²) in [6, 6.07) is 6.31. The number of aromatic nitrogens is 5. The monoisotopic (exact) mass is 332 g/mol. The summed E-state index contributed by atoms with van der Waals surface area (Å²) in [6.07, 6.45) is 5.66. The van der Waals surface area contributed by atoms with E-state index in [1.807, 2.05) is 32.6 Å². The predicted octanol–water partition coefficient (Wildman–Crippen LogP) is 3.35. The number of aromatic amines is 2. The van der Waals surface area contributed by atoms with E-state index in [4.69, 9.17) is 0 Å². The summed E-state index contributed by atoms with van der Waals surface area (Å²) in [5.41, 5.74) is 7.55. The van der Waals surface area contributed by atoms with Crippen LogP contribution in [0.1, 0.15) is 16.8 Å². The van der Waals surface area contributed by atoms with Crippen molar-refractivity contribution in [2.24, 2.45) is 0 Å². The second-order valence-electron chi connectivity index (χ2n) is 6.25. The van der Waals surface area contributed by atoms with Gasteiger partial charge in [0.1, 0.15) is 5.69 Å². The van der Waals surface area contributed by atoms with Crippen molar-refractivity contribution in [3.05, 3.63) is 53.6 Å². The van der Waals surface area contributed by atoms with E-state index in [0.717, 1.165) is 45.8 Å².